The van der Waals surface area contributed by atoms with Gasteiger partial charge in [0.2, 0.25) is 0 Å². The number of pyridine rings is 1. The molecule has 0 fully saturated rings. The van der Waals surface area contributed by atoms with E-state index in [9.17, 15) is 9.59 Å². The number of halogens is 1. The first-order valence-electron chi connectivity index (χ1n) is 9.84. The second-order valence-corrected chi connectivity index (χ2v) is 8.99. The number of aryl methyl sites for hydroxylation is 1. The van der Waals surface area contributed by atoms with Gasteiger partial charge in [-0.15, -0.1) is 0 Å². The summed E-state index contributed by atoms with van der Waals surface area (Å²) in [4.78, 5) is 29.0. The molecule has 2 N–H and O–H groups in total. The lowest BCUT2D eigenvalue weighted by molar-refractivity contribution is -0.123. The van der Waals surface area contributed by atoms with Crippen LogP contribution in [0.4, 0.5) is 4.79 Å². The van der Waals surface area contributed by atoms with Gasteiger partial charge in [0.25, 0.3) is 5.91 Å². The van der Waals surface area contributed by atoms with Gasteiger partial charge in [0.1, 0.15) is 16.8 Å². The number of benzene rings is 1. The van der Waals surface area contributed by atoms with Crippen molar-refractivity contribution in [2.45, 2.75) is 59.6 Å². The average molecular weight is 433 g/mol. The number of fused-ring (bicyclic) bond motifs is 1. The maximum absolute atomic E-state index is 12.6. The SMILES string of the molecule is Cc1ccc2cc(C=NNC(=O)C(CC(C)C)NC(=O)OC(C)(C)C)c(Cl)nc2c1. The number of nitrogens with one attached hydrogen (secondary N) is 2. The molecule has 1 atom stereocenters. The van der Waals surface area contributed by atoms with E-state index < -0.39 is 23.6 Å². The van der Waals surface area contributed by atoms with E-state index in [-0.39, 0.29) is 11.1 Å². The zero-order valence-corrected chi connectivity index (χ0v) is 19.0. The number of hydrogen-bond donors (Lipinski definition) is 2. The smallest absolute Gasteiger partial charge is 0.408 e. The van der Waals surface area contributed by atoms with Crippen molar-refractivity contribution in [1.29, 1.82) is 0 Å². The molecule has 30 heavy (non-hydrogen) atoms. The Balaban J connectivity index is 2.09. The van der Waals surface area contributed by atoms with Crippen LogP contribution in [0, 0.1) is 12.8 Å². The third kappa shape index (κ3) is 7.30. The van der Waals surface area contributed by atoms with Gasteiger partial charge in [0.15, 0.2) is 0 Å². The molecule has 0 spiro atoms. The van der Waals surface area contributed by atoms with Gasteiger partial charge in [0.05, 0.1) is 11.7 Å². The van der Waals surface area contributed by atoms with Gasteiger partial charge in [-0.2, -0.15) is 5.10 Å². The molecule has 0 saturated carbocycles. The zero-order chi connectivity index (χ0) is 22.5. The van der Waals surface area contributed by atoms with Gasteiger partial charge in [0, 0.05) is 10.9 Å². The fourth-order valence-corrected chi connectivity index (χ4v) is 2.95. The maximum atomic E-state index is 12.6. The van der Waals surface area contributed by atoms with Gasteiger partial charge in [-0.05, 0) is 57.7 Å². The average Bonchev–Trinajstić information content (AvgIpc) is 2.59. The largest absolute Gasteiger partial charge is 0.444 e. The Morgan fingerprint density at radius 3 is 2.60 bits per heavy atom. The normalized spacial score (nSPS) is 12.9. The zero-order valence-electron chi connectivity index (χ0n) is 18.2. The highest BCUT2D eigenvalue weighted by molar-refractivity contribution is 6.32. The topological polar surface area (TPSA) is 92.7 Å². The Hall–Kier alpha value is -2.67. The Kier molecular flexibility index (Phi) is 7.78. The van der Waals surface area contributed by atoms with Gasteiger partial charge in [-0.25, -0.2) is 15.2 Å². The number of rotatable bonds is 6. The van der Waals surface area contributed by atoms with E-state index in [4.69, 9.17) is 16.3 Å². The fourth-order valence-electron chi connectivity index (χ4n) is 2.76. The van der Waals surface area contributed by atoms with E-state index in [0.717, 1.165) is 16.5 Å². The summed E-state index contributed by atoms with van der Waals surface area (Å²) >= 11 is 6.24. The number of hydrogen-bond acceptors (Lipinski definition) is 5. The Morgan fingerprint density at radius 2 is 1.97 bits per heavy atom. The first kappa shape index (κ1) is 23.6. The van der Waals surface area contributed by atoms with Gasteiger partial charge in [-0.1, -0.05) is 37.6 Å². The summed E-state index contributed by atoms with van der Waals surface area (Å²) in [6.45, 7) is 11.2. The Morgan fingerprint density at radius 1 is 1.27 bits per heavy atom. The number of aromatic nitrogens is 1. The van der Waals surface area contributed by atoms with E-state index in [1.165, 1.54) is 6.21 Å². The van der Waals surface area contributed by atoms with Crippen molar-refractivity contribution in [3.63, 3.8) is 0 Å². The minimum Gasteiger partial charge on any atom is -0.444 e. The minimum absolute atomic E-state index is 0.183. The predicted molar refractivity (Wildman–Crippen MR) is 120 cm³/mol. The second-order valence-electron chi connectivity index (χ2n) is 8.63. The fraction of sp³-hybridized carbons (Fsp3) is 0.455. The van der Waals surface area contributed by atoms with Crippen LogP contribution in [-0.4, -0.2) is 34.8 Å². The molecule has 0 radical (unpaired) electrons. The number of ether oxygens (including phenoxy) is 1. The molecule has 7 nitrogen and oxygen atoms in total. The standard InChI is InChI=1S/C22H29ClN4O3/c1-13(2)9-18(26-21(29)30-22(4,5)6)20(28)27-24-12-16-11-15-8-7-14(3)10-17(15)25-19(16)23/h7-8,10-13,18H,9H2,1-6H3,(H,26,29)(H,27,28). The molecule has 0 saturated heterocycles. The van der Waals surface area contributed by atoms with Crippen LogP contribution < -0.4 is 10.7 Å². The molecule has 1 aromatic carbocycles. The summed E-state index contributed by atoms with van der Waals surface area (Å²) in [6.07, 6.45) is 1.23. The number of amides is 2. The summed E-state index contributed by atoms with van der Waals surface area (Å²) < 4.78 is 5.24. The highest BCUT2D eigenvalue weighted by Crippen LogP contribution is 2.20. The van der Waals surface area contributed by atoms with Crippen molar-refractivity contribution >= 4 is 40.7 Å². The molecule has 2 amide bonds. The number of hydrazone groups is 1. The molecule has 0 aliphatic rings. The monoisotopic (exact) mass is 432 g/mol. The number of carbonyl (C=O) groups is 2. The highest BCUT2D eigenvalue weighted by atomic mass is 35.5. The van der Waals surface area contributed by atoms with Crippen molar-refractivity contribution in [2.75, 3.05) is 0 Å². The molecular formula is C22H29ClN4O3. The lowest BCUT2D eigenvalue weighted by Gasteiger charge is -2.23. The lowest BCUT2D eigenvalue weighted by Crippen LogP contribution is -2.47. The van der Waals surface area contributed by atoms with Crippen LogP contribution in [0.2, 0.25) is 5.15 Å². The molecule has 1 unspecified atom stereocenters. The third-order valence-electron chi connectivity index (χ3n) is 4.05. The van der Waals surface area contributed by atoms with Crippen LogP contribution in [0.1, 0.15) is 52.2 Å². The Bertz CT molecular complexity index is 951. The van der Waals surface area contributed by atoms with E-state index in [2.05, 4.69) is 20.8 Å². The van der Waals surface area contributed by atoms with Gasteiger partial charge >= 0.3 is 6.09 Å². The van der Waals surface area contributed by atoms with Crippen LogP contribution in [0.3, 0.4) is 0 Å². The van der Waals surface area contributed by atoms with Crippen molar-refractivity contribution < 1.29 is 14.3 Å². The molecule has 1 heterocycles. The first-order valence-corrected chi connectivity index (χ1v) is 10.2. The van der Waals surface area contributed by atoms with Crippen molar-refractivity contribution in [2.24, 2.45) is 11.0 Å². The molecule has 1 aromatic heterocycles. The summed E-state index contributed by atoms with van der Waals surface area (Å²) in [5, 5.41) is 7.81. The van der Waals surface area contributed by atoms with E-state index in [1.807, 2.05) is 45.0 Å². The van der Waals surface area contributed by atoms with Crippen molar-refractivity contribution in [1.82, 2.24) is 15.7 Å². The number of alkyl carbamates (subject to hydrolysis) is 1. The van der Waals surface area contributed by atoms with Crippen LogP contribution in [-0.2, 0) is 9.53 Å². The van der Waals surface area contributed by atoms with Crippen LogP contribution in [0.25, 0.3) is 10.9 Å². The number of carbonyl (C=O) groups excluding carboxylic acids is 2. The lowest BCUT2D eigenvalue weighted by atomic mass is 10.0. The minimum atomic E-state index is -0.773. The number of nitrogens with zero attached hydrogens (tertiary/aromatic N) is 2. The summed E-state index contributed by atoms with van der Waals surface area (Å²) in [5.41, 5.74) is 4.27. The molecular weight excluding hydrogens is 404 g/mol. The highest BCUT2D eigenvalue weighted by Gasteiger charge is 2.25. The quantitative estimate of drug-likeness (QED) is 0.396. The molecule has 0 aliphatic carbocycles. The van der Waals surface area contributed by atoms with Crippen molar-refractivity contribution in [3.8, 4) is 0 Å². The molecule has 2 aromatic rings. The van der Waals surface area contributed by atoms with Gasteiger partial charge < -0.3 is 10.1 Å². The van der Waals surface area contributed by atoms with Crippen LogP contribution >= 0.6 is 11.6 Å². The maximum Gasteiger partial charge on any atom is 0.408 e. The molecule has 162 valence electrons. The van der Waals surface area contributed by atoms with E-state index in [0.29, 0.717) is 12.0 Å². The molecule has 0 bridgehead atoms. The summed E-state index contributed by atoms with van der Waals surface area (Å²) in [7, 11) is 0. The molecule has 2 rings (SSSR count). The third-order valence-corrected chi connectivity index (χ3v) is 4.35. The second kappa shape index (κ2) is 9.89. The predicted octanol–water partition coefficient (Wildman–Crippen LogP) is 4.59. The molecule has 0 aliphatic heterocycles. The summed E-state index contributed by atoms with van der Waals surface area (Å²) in [6, 6.07) is 6.96. The van der Waals surface area contributed by atoms with Gasteiger partial charge in [-0.3, -0.25) is 4.79 Å². The first-order chi connectivity index (χ1) is 13.9. The van der Waals surface area contributed by atoms with E-state index >= 15 is 0 Å². The van der Waals surface area contributed by atoms with E-state index in [1.54, 1.807) is 20.8 Å². The van der Waals surface area contributed by atoms with Crippen molar-refractivity contribution in [3.05, 3.63) is 40.5 Å². The molecule has 8 heteroatoms. The van der Waals surface area contributed by atoms with Crippen LogP contribution in [0.15, 0.2) is 29.4 Å². The van der Waals surface area contributed by atoms with Crippen LogP contribution in [0.5, 0.6) is 0 Å². The summed E-state index contributed by atoms with van der Waals surface area (Å²) in [5.74, 6) is -0.256. The Labute approximate surface area is 182 Å².